The molecule has 0 saturated carbocycles. The van der Waals surface area contributed by atoms with Gasteiger partial charge in [0.05, 0.1) is 47.5 Å². The van der Waals surface area contributed by atoms with Crippen LogP contribution >= 0.6 is 15.9 Å². The lowest BCUT2D eigenvalue weighted by molar-refractivity contribution is -0.139. The van der Waals surface area contributed by atoms with Crippen LogP contribution in [-0.2, 0) is 19.1 Å². The molecule has 0 radical (unpaired) electrons. The predicted octanol–water partition coefficient (Wildman–Crippen LogP) is 3.49. The van der Waals surface area contributed by atoms with E-state index in [1.54, 1.807) is 30.3 Å². The first-order chi connectivity index (χ1) is 14.8. The summed E-state index contributed by atoms with van der Waals surface area (Å²) in [5, 5.41) is 9.92. The quantitative estimate of drug-likeness (QED) is 0.660. The minimum absolute atomic E-state index is 0.00239. The van der Waals surface area contributed by atoms with Gasteiger partial charge >= 0.3 is 11.9 Å². The van der Waals surface area contributed by atoms with Crippen molar-refractivity contribution < 1.29 is 23.5 Å². The molecule has 1 aliphatic heterocycles. The summed E-state index contributed by atoms with van der Waals surface area (Å²) in [4.78, 5) is 26.9. The SMILES string of the molecule is COC(=O)C1=C(C(=O)OC)N(c2ccc(Br)c(F)c2)C(N)=C(C#N)C1c1ccccc1. The maximum atomic E-state index is 14.3. The van der Waals surface area contributed by atoms with E-state index < -0.39 is 23.7 Å². The van der Waals surface area contributed by atoms with Gasteiger partial charge in [-0.05, 0) is 39.7 Å². The van der Waals surface area contributed by atoms with Gasteiger partial charge in [-0.1, -0.05) is 30.3 Å². The Hall–Kier alpha value is -3.64. The summed E-state index contributed by atoms with van der Waals surface area (Å²) >= 11 is 3.07. The molecule has 1 atom stereocenters. The van der Waals surface area contributed by atoms with Crippen molar-refractivity contribution in [2.45, 2.75) is 5.92 Å². The monoisotopic (exact) mass is 485 g/mol. The number of halogens is 2. The first-order valence-electron chi connectivity index (χ1n) is 8.96. The van der Waals surface area contributed by atoms with Crippen LogP contribution in [0.25, 0.3) is 0 Å². The smallest absolute Gasteiger partial charge is 0.355 e. The molecule has 0 saturated heterocycles. The van der Waals surface area contributed by atoms with Crippen molar-refractivity contribution in [3.05, 3.63) is 87.0 Å². The third kappa shape index (κ3) is 3.90. The van der Waals surface area contributed by atoms with Crippen LogP contribution in [0.3, 0.4) is 0 Å². The van der Waals surface area contributed by atoms with Gasteiger partial charge in [0.25, 0.3) is 0 Å². The van der Waals surface area contributed by atoms with Crippen LogP contribution in [-0.4, -0.2) is 26.2 Å². The molecule has 2 aromatic carbocycles. The van der Waals surface area contributed by atoms with Gasteiger partial charge in [0.15, 0.2) is 0 Å². The van der Waals surface area contributed by atoms with Gasteiger partial charge in [-0.2, -0.15) is 5.26 Å². The van der Waals surface area contributed by atoms with Crippen molar-refractivity contribution in [2.24, 2.45) is 5.73 Å². The van der Waals surface area contributed by atoms with E-state index in [0.29, 0.717) is 5.56 Å². The molecule has 1 unspecified atom stereocenters. The van der Waals surface area contributed by atoms with Gasteiger partial charge in [0.1, 0.15) is 17.3 Å². The van der Waals surface area contributed by atoms with Gasteiger partial charge in [-0.25, -0.2) is 14.0 Å². The highest BCUT2D eigenvalue weighted by atomic mass is 79.9. The third-order valence-electron chi connectivity index (χ3n) is 4.77. The first-order valence-corrected chi connectivity index (χ1v) is 9.75. The Morgan fingerprint density at radius 1 is 1.13 bits per heavy atom. The molecule has 0 aliphatic carbocycles. The van der Waals surface area contributed by atoms with Crippen molar-refractivity contribution in [3.63, 3.8) is 0 Å². The number of hydrogen-bond acceptors (Lipinski definition) is 7. The molecule has 7 nitrogen and oxygen atoms in total. The zero-order valence-corrected chi connectivity index (χ0v) is 18.1. The van der Waals surface area contributed by atoms with Crippen LogP contribution in [0.2, 0.25) is 0 Å². The van der Waals surface area contributed by atoms with Gasteiger partial charge in [0, 0.05) is 0 Å². The number of hydrogen-bond donors (Lipinski definition) is 1. The van der Waals surface area contributed by atoms with Crippen LogP contribution in [0.15, 0.2) is 75.7 Å². The number of methoxy groups -OCH3 is 2. The molecule has 158 valence electrons. The third-order valence-corrected chi connectivity index (χ3v) is 5.41. The first kappa shape index (κ1) is 22.1. The topological polar surface area (TPSA) is 106 Å². The molecule has 2 aromatic rings. The molecule has 1 heterocycles. The maximum Gasteiger partial charge on any atom is 0.355 e. The van der Waals surface area contributed by atoms with Crippen LogP contribution in [0.5, 0.6) is 0 Å². The number of benzene rings is 2. The Morgan fingerprint density at radius 3 is 2.32 bits per heavy atom. The number of nitrogens with two attached hydrogens (primary N) is 1. The normalized spacial score (nSPS) is 16.1. The Kier molecular flexibility index (Phi) is 6.42. The molecule has 0 fully saturated rings. The van der Waals surface area contributed by atoms with Crippen LogP contribution in [0.1, 0.15) is 11.5 Å². The summed E-state index contributed by atoms with van der Waals surface area (Å²) in [6.45, 7) is 0. The number of carbonyl (C=O) groups excluding carboxylic acids is 2. The molecule has 0 bridgehead atoms. The summed E-state index contributed by atoms with van der Waals surface area (Å²) in [5.41, 5.74) is 6.59. The van der Waals surface area contributed by atoms with E-state index in [4.69, 9.17) is 15.2 Å². The number of esters is 2. The van der Waals surface area contributed by atoms with E-state index in [2.05, 4.69) is 15.9 Å². The second-order valence-corrected chi connectivity index (χ2v) is 7.29. The number of carbonyl (C=O) groups is 2. The van der Waals surface area contributed by atoms with E-state index in [1.165, 1.54) is 12.1 Å². The Labute approximate surface area is 186 Å². The van der Waals surface area contributed by atoms with Crippen molar-refractivity contribution in [1.82, 2.24) is 0 Å². The molecule has 3 rings (SSSR count). The zero-order chi connectivity index (χ0) is 22.7. The van der Waals surface area contributed by atoms with Crippen molar-refractivity contribution in [1.29, 1.82) is 5.26 Å². The average molecular weight is 486 g/mol. The summed E-state index contributed by atoms with van der Waals surface area (Å²) in [5.74, 6) is -3.49. The van der Waals surface area contributed by atoms with Crippen molar-refractivity contribution in [2.75, 3.05) is 19.1 Å². The Bertz CT molecular complexity index is 1160. The molecular formula is C22H17BrFN3O4. The summed E-state index contributed by atoms with van der Waals surface area (Å²) in [7, 11) is 2.30. The zero-order valence-electron chi connectivity index (χ0n) is 16.6. The van der Waals surface area contributed by atoms with E-state index in [-0.39, 0.29) is 32.8 Å². The number of allylic oxidation sites excluding steroid dienone is 1. The largest absolute Gasteiger partial charge is 0.466 e. The lowest BCUT2D eigenvalue weighted by Crippen LogP contribution is -2.40. The maximum absolute atomic E-state index is 14.3. The lowest BCUT2D eigenvalue weighted by atomic mass is 9.81. The number of ether oxygens (including phenoxy) is 2. The lowest BCUT2D eigenvalue weighted by Gasteiger charge is -2.35. The highest BCUT2D eigenvalue weighted by Crippen LogP contribution is 2.43. The standard InChI is InChI=1S/C22H17BrFN3O4/c1-30-21(28)18-17(12-6-4-3-5-7-12)14(11-25)20(26)27(19(18)22(29)31-2)13-8-9-15(23)16(24)10-13/h3-10,17H,26H2,1-2H3. The van der Waals surface area contributed by atoms with E-state index in [9.17, 15) is 19.2 Å². The van der Waals surface area contributed by atoms with Crippen LogP contribution in [0, 0.1) is 17.1 Å². The summed E-state index contributed by atoms with van der Waals surface area (Å²) in [6.07, 6.45) is 0. The molecule has 0 amide bonds. The van der Waals surface area contributed by atoms with Gasteiger partial charge in [-0.3, -0.25) is 4.90 Å². The molecule has 1 aliphatic rings. The fraction of sp³-hybridized carbons (Fsp3) is 0.136. The second-order valence-electron chi connectivity index (χ2n) is 6.43. The minimum Gasteiger partial charge on any atom is -0.466 e. The number of rotatable bonds is 4. The second kappa shape index (κ2) is 9.02. The molecule has 31 heavy (non-hydrogen) atoms. The van der Waals surface area contributed by atoms with E-state index in [0.717, 1.165) is 25.2 Å². The average Bonchev–Trinajstić information content (AvgIpc) is 2.79. The number of nitriles is 1. The van der Waals surface area contributed by atoms with Gasteiger partial charge < -0.3 is 15.2 Å². The highest BCUT2D eigenvalue weighted by Gasteiger charge is 2.43. The minimum atomic E-state index is -0.982. The van der Waals surface area contributed by atoms with Crippen LogP contribution in [0.4, 0.5) is 10.1 Å². The Balaban J connectivity index is 2.41. The summed E-state index contributed by atoms with van der Waals surface area (Å²) in [6, 6.07) is 14.7. The highest BCUT2D eigenvalue weighted by molar-refractivity contribution is 9.10. The molecule has 9 heteroatoms. The van der Waals surface area contributed by atoms with E-state index in [1.807, 2.05) is 6.07 Å². The fourth-order valence-corrected chi connectivity index (χ4v) is 3.65. The summed E-state index contributed by atoms with van der Waals surface area (Å²) < 4.78 is 24.3. The molecule has 0 spiro atoms. The van der Waals surface area contributed by atoms with Gasteiger partial charge in [0.2, 0.25) is 0 Å². The molecule has 0 aromatic heterocycles. The number of anilines is 1. The predicted molar refractivity (Wildman–Crippen MR) is 114 cm³/mol. The molecular weight excluding hydrogens is 469 g/mol. The van der Waals surface area contributed by atoms with E-state index >= 15 is 0 Å². The number of nitrogens with zero attached hydrogens (tertiary/aromatic N) is 2. The van der Waals surface area contributed by atoms with Crippen LogP contribution < -0.4 is 10.6 Å². The molecule has 2 N–H and O–H groups in total. The fourth-order valence-electron chi connectivity index (χ4n) is 3.41. The van der Waals surface area contributed by atoms with Crippen molar-refractivity contribution in [3.8, 4) is 6.07 Å². The van der Waals surface area contributed by atoms with Gasteiger partial charge in [-0.15, -0.1) is 0 Å². The van der Waals surface area contributed by atoms with Crippen molar-refractivity contribution >= 4 is 33.6 Å². The Morgan fingerprint density at radius 2 is 1.77 bits per heavy atom.